The minimum absolute atomic E-state index is 0.00175. The molecule has 0 saturated carbocycles. The van der Waals surface area contributed by atoms with Gasteiger partial charge >= 0.3 is 0 Å². The van der Waals surface area contributed by atoms with Crippen LogP contribution in [0.15, 0.2) is 104 Å². The molecule has 0 fully saturated rings. The maximum absolute atomic E-state index is 13.1. The highest BCUT2D eigenvalue weighted by Gasteiger charge is 2.26. The Morgan fingerprint density at radius 2 is 0.964 bits per heavy atom. The summed E-state index contributed by atoms with van der Waals surface area (Å²) in [6.07, 6.45) is 5.58. The van der Waals surface area contributed by atoms with Gasteiger partial charge < -0.3 is 20.6 Å². The third kappa shape index (κ3) is 8.49. The Balaban J connectivity index is 1.16. The van der Waals surface area contributed by atoms with Crippen molar-refractivity contribution in [3.05, 3.63) is 151 Å². The first kappa shape index (κ1) is 38.9. The molecule has 55 heavy (non-hydrogen) atoms. The zero-order valence-electron chi connectivity index (χ0n) is 33.9. The molecular formula is C47H54N6O2. The number of aryl methyl sites for hydroxylation is 2. The highest BCUT2D eigenvalue weighted by atomic mass is 16.2. The first-order valence-corrected chi connectivity index (χ1v) is 19.2. The fraction of sp³-hybridized carbons (Fsp3) is 0.319. The van der Waals surface area contributed by atoms with Gasteiger partial charge in [-0.1, -0.05) is 60.7 Å². The van der Waals surface area contributed by atoms with E-state index < -0.39 is 0 Å². The molecule has 0 spiro atoms. The Kier molecular flexibility index (Phi) is 11.6. The highest BCUT2D eigenvalue weighted by molar-refractivity contribution is 6.09. The fourth-order valence-electron chi connectivity index (χ4n) is 7.77. The Morgan fingerprint density at radius 3 is 1.33 bits per heavy atom. The van der Waals surface area contributed by atoms with Crippen LogP contribution in [-0.2, 0) is 22.4 Å². The van der Waals surface area contributed by atoms with Crippen LogP contribution >= 0.6 is 0 Å². The minimum atomic E-state index is -0.0651. The number of carbonyl (C=O) groups is 2. The SMILES string of the molecule is CC1=NC(=Cc2[nH]c(C)c(CC(=O)N[C@H](C)c3ccccc3)c2C)C(C)=C1CC1=C(C)/C(=C/c2[nH]c(C)c(CC(=O)N[C@H](C)c3ccccc3)c2C)N=C1C. The predicted octanol–water partition coefficient (Wildman–Crippen LogP) is 9.77. The van der Waals surface area contributed by atoms with Crippen molar-refractivity contribution in [2.24, 2.45) is 9.98 Å². The number of H-pyrrole nitrogens is 2. The van der Waals surface area contributed by atoms with E-state index in [2.05, 4.69) is 74.3 Å². The molecule has 0 aliphatic carbocycles. The summed E-state index contributed by atoms with van der Waals surface area (Å²) in [5.41, 5.74) is 18.8. The monoisotopic (exact) mass is 734 g/mol. The van der Waals surface area contributed by atoms with Gasteiger partial charge in [0.15, 0.2) is 0 Å². The number of nitrogens with one attached hydrogen (secondary N) is 4. The van der Waals surface area contributed by atoms with Crippen LogP contribution in [0, 0.1) is 27.7 Å². The molecule has 8 nitrogen and oxygen atoms in total. The van der Waals surface area contributed by atoms with Crippen molar-refractivity contribution >= 4 is 35.4 Å². The molecule has 2 aliphatic heterocycles. The van der Waals surface area contributed by atoms with Crippen molar-refractivity contribution in [1.82, 2.24) is 20.6 Å². The van der Waals surface area contributed by atoms with E-state index in [0.29, 0.717) is 12.8 Å². The molecule has 8 heteroatoms. The number of nitrogens with zero attached hydrogens (tertiary/aromatic N) is 2. The van der Waals surface area contributed by atoms with Crippen molar-refractivity contribution in [3.8, 4) is 0 Å². The number of aliphatic imine (C=N–C) groups is 2. The van der Waals surface area contributed by atoms with E-state index >= 15 is 0 Å². The number of amides is 2. The van der Waals surface area contributed by atoms with Crippen molar-refractivity contribution in [1.29, 1.82) is 0 Å². The van der Waals surface area contributed by atoms with Crippen LogP contribution in [0.3, 0.4) is 0 Å². The largest absolute Gasteiger partial charge is 0.359 e. The molecular weight excluding hydrogens is 681 g/mol. The van der Waals surface area contributed by atoms with Crippen molar-refractivity contribution in [2.75, 3.05) is 0 Å². The first-order chi connectivity index (χ1) is 26.2. The highest BCUT2D eigenvalue weighted by Crippen LogP contribution is 2.37. The number of hydrogen-bond donors (Lipinski definition) is 4. The summed E-state index contributed by atoms with van der Waals surface area (Å²) in [5, 5.41) is 6.30. The van der Waals surface area contributed by atoms with Gasteiger partial charge in [-0.15, -0.1) is 0 Å². The number of rotatable bonds is 12. The smallest absolute Gasteiger partial charge is 0.224 e. The van der Waals surface area contributed by atoms with Crippen LogP contribution in [0.5, 0.6) is 0 Å². The van der Waals surface area contributed by atoms with E-state index in [9.17, 15) is 9.59 Å². The summed E-state index contributed by atoms with van der Waals surface area (Å²) in [7, 11) is 0. The summed E-state index contributed by atoms with van der Waals surface area (Å²) in [4.78, 5) is 43.2. The lowest BCUT2D eigenvalue weighted by Gasteiger charge is -2.14. The molecule has 284 valence electrons. The molecule has 0 bridgehead atoms. The van der Waals surface area contributed by atoms with Crippen LogP contribution in [-0.4, -0.2) is 33.2 Å². The lowest BCUT2D eigenvalue weighted by molar-refractivity contribution is -0.122. The Bertz CT molecular complexity index is 2160. The second-order valence-corrected chi connectivity index (χ2v) is 15.1. The number of aromatic amines is 2. The molecule has 4 aromatic rings. The Labute approximate surface area is 325 Å². The lowest BCUT2D eigenvalue weighted by Crippen LogP contribution is -2.28. The zero-order valence-corrected chi connectivity index (χ0v) is 33.9. The van der Waals surface area contributed by atoms with Crippen LogP contribution in [0.25, 0.3) is 12.2 Å². The van der Waals surface area contributed by atoms with E-state index in [1.54, 1.807) is 0 Å². The number of benzene rings is 2. The molecule has 4 heterocycles. The van der Waals surface area contributed by atoms with E-state index in [0.717, 1.165) is 96.5 Å². The molecule has 0 unspecified atom stereocenters. The van der Waals surface area contributed by atoms with Gasteiger partial charge in [0.2, 0.25) is 11.8 Å². The van der Waals surface area contributed by atoms with Crippen LogP contribution in [0.1, 0.15) is 116 Å². The number of allylic oxidation sites excluding steroid dienone is 4. The van der Waals surface area contributed by atoms with E-state index in [1.807, 2.05) is 88.4 Å². The molecule has 4 N–H and O–H groups in total. The standard InChI is InChI=1S/C47H54N6O2/c1-26-38(32(7)48-42(26)24-44-28(3)40(34(9)50-44)22-46(54)52-30(5)36-17-13-11-14-18-36)21-39-27(2)43(49-33(39)8)25-45-29(4)41(35(10)51-45)23-47(55)53-31(6)37-19-15-12-16-20-37/h11-20,24-25,30-31,50-51H,21-23H2,1-10H3,(H,52,54)(H,53,55)/b42-24-,43-25?/t30-,31-/m1/s1. The van der Waals surface area contributed by atoms with Gasteiger partial charge in [0, 0.05) is 40.6 Å². The van der Waals surface area contributed by atoms with Gasteiger partial charge in [0.1, 0.15) is 0 Å². The fourth-order valence-corrected chi connectivity index (χ4v) is 7.77. The summed E-state index contributed by atoms with van der Waals surface area (Å²) >= 11 is 0. The lowest BCUT2D eigenvalue weighted by atomic mass is 9.93. The second kappa shape index (κ2) is 16.3. The van der Waals surface area contributed by atoms with Gasteiger partial charge in [-0.2, -0.15) is 0 Å². The molecule has 0 saturated heterocycles. The molecule has 2 aromatic carbocycles. The molecule has 2 amide bonds. The molecule has 0 radical (unpaired) electrons. The average Bonchev–Trinajstić information content (AvgIpc) is 3.78. The third-order valence-electron chi connectivity index (χ3n) is 11.3. The maximum Gasteiger partial charge on any atom is 0.224 e. The third-order valence-corrected chi connectivity index (χ3v) is 11.3. The zero-order chi connectivity index (χ0) is 39.6. The van der Waals surface area contributed by atoms with Crippen molar-refractivity contribution in [3.63, 3.8) is 0 Å². The van der Waals surface area contributed by atoms with Crippen LogP contribution in [0.4, 0.5) is 0 Å². The molecule has 2 aromatic heterocycles. The maximum atomic E-state index is 13.1. The number of carbonyl (C=O) groups excluding carboxylic acids is 2. The van der Waals surface area contributed by atoms with Gasteiger partial charge in [0.05, 0.1) is 36.3 Å². The van der Waals surface area contributed by atoms with Gasteiger partial charge in [-0.05, 0) is 137 Å². The van der Waals surface area contributed by atoms with Crippen LogP contribution in [0.2, 0.25) is 0 Å². The van der Waals surface area contributed by atoms with E-state index in [1.165, 1.54) is 11.1 Å². The van der Waals surface area contributed by atoms with Gasteiger partial charge in [0.25, 0.3) is 0 Å². The molecule has 2 atom stereocenters. The Hall–Kier alpha value is -5.76. The Morgan fingerprint density at radius 1 is 0.600 bits per heavy atom. The normalized spacial score (nSPS) is 16.9. The first-order valence-electron chi connectivity index (χ1n) is 19.2. The number of hydrogen-bond acceptors (Lipinski definition) is 4. The van der Waals surface area contributed by atoms with Gasteiger partial charge in [-0.3, -0.25) is 19.6 Å². The van der Waals surface area contributed by atoms with E-state index in [-0.39, 0.29) is 23.9 Å². The molecule has 2 aliphatic rings. The van der Waals surface area contributed by atoms with E-state index in [4.69, 9.17) is 9.98 Å². The number of aromatic nitrogens is 2. The summed E-state index contributed by atoms with van der Waals surface area (Å²) in [6, 6.07) is 19.9. The van der Waals surface area contributed by atoms with Crippen LogP contribution < -0.4 is 10.6 Å². The minimum Gasteiger partial charge on any atom is -0.359 e. The summed E-state index contributed by atoms with van der Waals surface area (Å²) in [5.74, 6) is -0.00350. The second-order valence-electron chi connectivity index (χ2n) is 15.1. The average molecular weight is 735 g/mol. The van der Waals surface area contributed by atoms with Crippen molar-refractivity contribution < 1.29 is 9.59 Å². The van der Waals surface area contributed by atoms with Crippen molar-refractivity contribution in [2.45, 2.75) is 101 Å². The summed E-state index contributed by atoms with van der Waals surface area (Å²) < 4.78 is 0. The molecule has 6 rings (SSSR count). The topological polar surface area (TPSA) is 114 Å². The quantitative estimate of drug-likeness (QED) is 0.116. The predicted molar refractivity (Wildman–Crippen MR) is 226 cm³/mol. The summed E-state index contributed by atoms with van der Waals surface area (Å²) in [6.45, 7) is 20.7. The van der Waals surface area contributed by atoms with Gasteiger partial charge in [-0.25, -0.2) is 0 Å².